The number of aryl methyl sites for hydroxylation is 2. The Bertz CT molecular complexity index is 2040. The predicted molar refractivity (Wildman–Crippen MR) is 221 cm³/mol. The van der Waals surface area contributed by atoms with E-state index in [1.54, 1.807) is 0 Å². The van der Waals surface area contributed by atoms with Crippen LogP contribution >= 0.6 is 0 Å². The third-order valence-corrected chi connectivity index (χ3v) is 10.8. The second-order valence-electron chi connectivity index (χ2n) is 13.1. The van der Waals surface area contributed by atoms with Crippen LogP contribution in [0.1, 0.15) is 44.6 Å². The largest absolute Gasteiger partial charge is 0.665 e. The molecule has 7 rings (SSSR count). The van der Waals surface area contributed by atoms with Crippen molar-refractivity contribution in [2.24, 2.45) is 0 Å². The van der Waals surface area contributed by atoms with Gasteiger partial charge < -0.3 is 16.5 Å². The van der Waals surface area contributed by atoms with Gasteiger partial charge in [0.1, 0.15) is 5.75 Å². The minimum Gasteiger partial charge on any atom is -0.665 e. The predicted octanol–water partition coefficient (Wildman–Crippen LogP) is 12.7. The number of phenols is 1. The summed E-state index contributed by atoms with van der Waals surface area (Å²) in [4.78, 5) is 4.11. The Morgan fingerprint density at radius 1 is 0.547 bits per heavy atom. The van der Waals surface area contributed by atoms with Crippen molar-refractivity contribution in [3.05, 3.63) is 193 Å². The number of aromatic hydroxyl groups is 1. The standard InChI is InChI=1S/C30H22O.C10H12.C6H8N.C3H7.O.W/c31-30-28(24-17-9-3-10-18-24)26(22-13-5-1-6-14-22)21-27(23-15-7-2-8-16-23)29(30)25-19-11-4-12-20-25;1-10(2,3)9-7-5-4-6-8-9;1-5-3-4-6(2)7-5;1-3-2;;/h1-21,31H;1,4-8H,2-3H3;3-4H,1-2H3;3H,1-2H3;;/q;;2*-1;;. The molecule has 0 atom stereocenters. The van der Waals surface area contributed by atoms with Crippen molar-refractivity contribution < 1.29 is 26.6 Å². The van der Waals surface area contributed by atoms with Crippen molar-refractivity contribution in [3.63, 3.8) is 0 Å². The van der Waals surface area contributed by atoms with Gasteiger partial charge in [0.2, 0.25) is 0 Å². The summed E-state index contributed by atoms with van der Waals surface area (Å²) in [5, 5.41) is 11.8. The van der Waals surface area contributed by atoms with E-state index in [0.717, 1.165) is 55.9 Å². The van der Waals surface area contributed by atoms with Crippen molar-refractivity contribution >= 4 is 4.40 Å². The monoisotopic (exact) mass is 867 g/mol. The zero-order valence-electron chi connectivity index (χ0n) is 31.5. The van der Waals surface area contributed by atoms with Crippen LogP contribution in [-0.2, 0) is 26.9 Å². The van der Waals surface area contributed by atoms with Crippen LogP contribution in [0.4, 0.5) is 0 Å². The van der Waals surface area contributed by atoms with Gasteiger partial charge in [-0.05, 0) is 39.4 Å². The summed E-state index contributed by atoms with van der Waals surface area (Å²) < 4.78 is 12.6. The second kappa shape index (κ2) is 20.7. The minimum atomic E-state index is -1.43. The van der Waals surface area contributed by atoms with Crippen LogP contribution in [0.3, 0.4) is 0 Å². The van der Waals surface area contributed by atoms with Gasteiger partial charge in [-0.3, -0.25) is 0 Å². The van der Waals surface area contributed by atoms with Gasteiger partial charge in [0.05, 0.1) is 0 Å². The van der Waals surface area contributed by atoms with Crippen LogP contribution in [0.25, 0.3) is 44.5 Å². The SMILES string of the molecule is CC(C)([CH]=[W]=[O])c1ccccc1.C[CH-]C.Cc1ccc(C)[n-]1.Oc1c(-c2ccccc2)c(-c2ccccc2)cc(-c2ccccc2)c1-c1ccccc1. The van der Waals surface area contributed by atoms with Crippen LogP contribution in [-0.4, -0.2) is 9.51 Å². The molecule has 0 saturated carbocycles. The van der Waals surface area contributed by atoms with Crippen LogP contribution in [0.2, 0.25) is 0 Å². The summed E-state index contributed by atoms with van der Waals surface area (Å²) in [5.74, 6) is 0.303. The number of phenolic OH excluding ortho intramolecular Hbond substituents is 1. The molecule has 3 nitrogen and oxygen atoms in total. The normalized spacial score (nSPS) is 10.3. The minimum absolute atomic E-state index is 0.0202. The van der Waals surface area contributed by atoms with E-state index in [2.05, 4.69) is 85.6 Å². The number of benzene rings is 6. The van der Waals surface area contributed by atoms with E-state index in [0.29, 0.717) is 5.75 Å². The molecular weight excluding hydrogens is 818 g/mol. The van der Waals surface area contributed by atoms with Crippen molar-refractivity contribution in [1.29, 1.82) is 0 Å². The van der Waals surface area contributed by atoms with Crippen LogP contribution in [0, 0.1) is 20.3 Å². The first-order valence-corrected chi connectivity index (χ1v) is 20.7. The van der Waals surface area contributed by atoms with Gasteiger partial charge in [0.25, 0.3) is 0 Å². The van der Waals surface area contributed by atoms with Gasteiger partial charge in [-0.1, -0.05) is 147 Å². The number of rotatable bonds is 6. The van der Waals surface area contributed by atoms with E-state index < -0.39 is 18.1 Å². The van der Waals surface area contributed by atoms with Crippen LogP contribution < -0.4 is 4.98 Å². The molecule has 0 aliphatic rings. The fourth-order valence-electron chi connectivity index (χ4n) is 5.80. The third-order valence-electron chi connectivity index (χ3n) is 8.37. The van der Waals surface area contributed by atoms with Gasteiger partial charge in [0, 0.05) is 11.1 Å². The molecule has 0 spiro atoms. The number of nitrogens with zero attached hydrogens (tertiary/aromatic N) is 1. The summed E-state index contributed by atoms with van der Waals surface area (Å²) in [7, 11) is 0. The van der Waals surface area contributed by atoms with Gasteiger partial charge in [-0.2, -0.15) is 25.2 Å². The first-order valence-electron chi connectivity index (χ1n) is 17.8. The molecule has 0 aliphatic carbocycles. The van der Waals surface area contributed by atoms with E-state index in [1.807, 2.05) is 142 Å². The molecule has 1 aromatic heterocycles. The Labute approximate surface area is 324 Å². The summed E-state index contributed by atoms with van der Waals surface area (Å²) >= 11 is -1.43. The molecule has 0 saturated heterocycles. The summed E-state index contributed by atoms with van der Waals surface area (Å²) in [6.45, 7) is 12.2. The number of hydrogen-bond acceptors (Lipinski definition) is 2. The molecule has 1 heterocycles. The van der Waals surface area contributed by atoms with E-state index in [-0.39, 0.29) is 5.41 Å². The molecule has 6 aromatic carbocycles. The fourth-order valence-corrected chi connectivity index (χ4v) is 7.16. The van der Waals surface area contributed by atoms with Crippen molar-refractivity contribution in [1.82, 2.24) is 4.98 Å². The molecule has 0 radical (unpaired) electrons. The fraction of sp³-hybridized carbons (Fsp3) is 0.143. The molecule has 1 N–H and O–H groups in total. The maximum absolute atomic E-state index is 11.8. The average Bonchev–Trinajstić information content (AvgIpc) is 3.58. The van der Waals surface area contributed by atoms with Gasteiger partial charge in [-0.15, -0.1) is 0 Å². The second-order valence-corrected chi connectivity index (χ2v) is 14.7. The molecule has 0 aliphatic heterocycles. The first kappa shape index (κ1) is 40.5. The molecule has 0 amide bonds. The number of aromatic nitrogens is 1. The molecule has 270 valence electrons. The molecule has 0 unspecified atom stereocenters. The molecule has 7 aromatic rings. The van der Waals surface area contributed by atoms with Gasteiger partial charge in [0.15, 0.2) is 0 Å². The maximum Gasteiger partial charge on any atom is 0.132 e. The Morgan fingerprint density at radius 2 is 0.868 bits per heavy atom. The maximum atomic E-state index is 11.8. The van der Waals surface area contributed by atoms with Gasteiger partial charge in [-0.25, -0.2) is 0 Å². The van der Waals surface area contributed by atoms with Gasteiger partial charge >= 0.3 is 81.0 Å². The van der Waals surface area contributed by atoms with Crippen molar-refractivity contribution in [3.8, 4) is 50.3 Å². The summed E-state index contributed by atoms with van der Waals surface area (Å²) in [5.41, 5.74) is 11.3. The molecule has 4 heteroatoms. The third kappa shape index (κ3) is 11.6. The Morgan fingerprint density at radius 3 is 1.17 bits per heavy atom. The van der Waals surface area contributed by atoms with Crippen LogP contribution in [0.15, 0.2) is 170 Å². The molecule has 0 fully saturated rings. The van der Waals surface area contributed by atoms with E-state index in [9.17, 15) is 8.50 Å². The quantitative estimate of drug-likeness (QED) is 0.169. The Balaban J connectivity index is 0.000000232. The smallest absolute Gasteiger partial charge is 0.132 e. The van der Waals surface area contributed by atoms with Crippen molar-refractivity contribution in [2.75, 3.05) is 0 Å². The molecule has 53 heavy (non-hydrogen) atoms. The molecule has 0 bridgehead atoms. The topological polar surface area (TPSA) is 51.4 Å². The zero-order chi connectivity index (χ0) is 38.1. The zero-order valence-corrected chi connectivity index (χ0v) is 34.5. The van der Waals surface area contributed by atoms with E-state index >= 15 is 0 Å². The first-order chi connectivity index (χ1) is 25.7. The Kier molecular flexibility index (Phi) is 15.8. The number of hydrogen-bond donors (Lipinski definition) is 1. The average molecular weight is 868 g/mol. The van der Waals surface area contributed by atoms with E-state index in [1.165, 1.54) is 5.56 Å². The summed E-state index contributed by atoms with van der Waals surface area (Å²) in [6, 6.07) is 57.2. The molecular formula is C49H49NO2W-2. The van der Waals surface area contributed by atoms with E-state index in [4.69, 9.17) is 0 Å². The Hall–Kier alpha value is -5.24. The summed E-state index contributed by atoms with van der Waals surface area (Å²) in [6.07, 6.45) is 2.00. The van der Waals surface area contributed by atoms with Crippen molar-refractivity contribution in [2.45, 2.75) is 47.0 Å². The van der Waals surface area contributed by atoms with Crippen LogP contribution in [0.5, 0.6) is 5.75 Å².